The van der Waals surface area contributed by atoms with E-state index in [0.29, 0.717) is 29.3 Å². The Kier molecular flexibility index (Phi) is 3.26. The molecular formula is C15H17N3O2. The Labute approximate surface area is 117 Å². The number of nitrogens with zero attached hydrogens (tertiary/aromatic N) is 2. The highest BCUT2D eigenvalue weighted by Crippen LogP contribution is 2.35. The largest absolute Gasteiger partial charge is 0.478 e. The van der Waals surface area contributed by atoms with Crippen molar-refractivity contribution in [2.24, 2.45) is 16.1 Å². The van der Waals surface area contributed by atoms with E-state index >= 15 is 0 Å². The first-order chi connectivity index (χ1) is 9.68. The number of rotatable bonds is 2. The molecule has 2 aliphatic heterocycles. The summed E-state index contributed by atoms with van der Waals surface area (Å²) in [4.78, 5) is 11.5. The van der Waals surface area contributed by atoms with Crippen molar-refractivity contribution >= 4 is 11.7 Å². The molecule has 20 heavy (non-hydrogen) atoms. The van der Waals surface area contributed by atoms with Gasteiger partial charge >= 0.3 is 5.97 Å². The van der Waals surface area contributed by atoms with Gasteiger partial charge in [0.1, 0.15) is 5.70 Å². The lowest BCUT2D eigenvalue weighted by atomic mass is 9.89. The zero-order valence-corrected chi connectivity index (χ0v) is 11.4. The smallest absolute Gasteiger partial charge is 0.336 e. The maximum Gasteiger partial charge on any atom is 0.336 e. The zero-order chi connectivity index (χ0) is 14.1. The predicted octanol–water partition coefficient (Wildman–Crippen LogP) is 2.83. The van der Waals surface area contributed by atoms with Crippen molar-refractivity contribution < 1.29 is 9.90 Å². The molecule has 0 bridgehead atoms. The highest BCUT2D eigenvalue weighted by Gasteiger charge is 2.28. The Hall–Kier alpha value is -2.17. The third-order valence-corrected chi connectivity index (χ3v) is 3.92. The Morgan fingerprint density at radius 2 is 2.30 bits per heavy atom. The molecular weight excluding hydrogens is 254 g/mol. The summed E-state index contributed by atoms with van der Waals surface area (Å²) < 4.78 is 0. The highest BCUT2D eigenvalue weighted by molar-refractivity contribution is 5.95. The summed E-state index contributed by atoms with van der Waals surface area (Å²) in [6, 6.07) is 5.30. The van der Waals surface area contributed by atoms with Crippen LogP contribution >= 0.6 is 0 Å². The van der Waals surface area contributed by atoms with Crippen LogP contribution in [0.15, 0.2) is 34.1 Å². The molecule has 1 atom stereocenters. The maximum atomic E-state index is 11.5. The van der Waals surface area contributed by atoms with Gasteiger partial charge in [0.15, 0.2) is 0 Å². The van der Waals surface area contributed by atoms with Crippen LogP contribution in [0.1, 0.15) is 34.3 Å². The fourth-order valence-electron chi connectivity index (χ4n) is 2.93. The number of hydrogen-bond donors (Lipinski definition) is 2. The van der Waals surface area contributed by atoms with Crippen LogP contribution in [0.4, 0.5) is 0 Å². The van der Waals surface area contributed by atoms with Gasteiger partial charge in [-0.3, -0.25) is 0 Å². The zero-order valence-electron chi connectivity index (χ0n) is 11.4. The van der Waals surface area contributed by atoms with E-state index in [-0.39, 0.29) is 0 Å². The second-order valence-electron chi connectivity index (χ2n) is 5.25. The minimum absolute atomic E-state index is 0.291. The Morgan fingerprint density at radius 1 is 1.45 bits per heavy atom. The Bertz CT molecular complexity index is 620. The van der Waals surface area contributed by atoms with E-state index in [2.05, 4.69) is 15.5 Å². The first-order valence-corrected chi connectivity index (χ1v) is 6.87. The SMILES string of the molecule is Cc1cccc(C(=O)O)c1C1=C2NCCCC2CN=N1. The number of aryl methyl sites for hydroxylation is 1. The van der Waals surface area contributed by atoms with Crippen molar-refractivity contribution in [3.8, 4) is 0 Å². The van der Waals surface area contributed by atoms with Gasteiger partial charge in [-0.1, -0.05) is 12.1 Å². The molecule has 0 saturated carbocycles. The van der Waals surface area contributed by atoms with Crippen molar-refractivity contribution in [2.75, 3.05) is 13.1 Å². The summed E-state index contributed by atoms with van der Waals surface area (Å²) in [5.41, 5.74) is 3.66. The molecule has 0 aromatic heterocycles. The van der Waals surface area contributed by atoms with Gasteiger partial charge in [0.05, 0.1) is 12.1 Å². The molecule has 1 fully saturated rings. The van der Waals surface area contributed by atoms with E-state index in [4.69, 9.17) is 0 Å². The van der Waals surface area contributed by atoms with Gasteiger partial charge in [0.2, 0.25) is 0 Å². The molecule has 0 amide bonds. The average molecular weight is 271 g/mol. The van der Waals surface area contributed by atoms with Crippen LogP contribution in [-0.4, -0.2) is 24.2 Å². The van der Waals surface area contributed by atoms with E-state index < -0.39 is 5.97 Å². The number of nitrogens with one attached hydrogen (secondary N) is 1. The van der Waals surface area contributed by atoms with Gasteiger partial charge in [0, 0.05) is 23.7 Å². The fraction of sp³-hybridized carbons (Fsp3) is 0.400. The van der Waals surface area contributed by atoms with Crippen molar-refractivity contribution in [1.29, 1.82) is 0 Å². The fourth-order valence-corrected chi connectivity index (χ4v) is 2.93. The summed E-state index contributed by atoms with van der Waals surface area (Å²) in [5, 5.41) is 21.3. The molecule has 0 aliphatic carbocycles. The lowest BCUT2D eigenvalue weighted by Gasteiger charge is -2.30. The summed E-state index contributed by atoms with van der Waals surface area (Å²) in [6.45, 7) is 3.52. The topological polar surface area (TPSA) is 74.0 Å². The van der Waals surface area contributed by atoms with Crippen molar-refractivity contribution in [3.05, 3.63) is 40.6 Å². The molecule has 5 nitrogen and oxygen atoms in total. The molecule has 1 aromatic carbocycles. The molecule has 1 saturated heterocycles. The van der Waals surface area contributed by atoms with E-state index in [0.717, 1.165) is 30.6 Å². The Morgan fingerprint density at radius 3 is 3.10 bits per heavy atom. The number of benzene rings is 1. The third-order valence-electron chi connectivity index (χ3n) is 3.92. The van der Waals surface area contributed by atoms with Crippen molar-refractivity contribution in [3.63, 3.8) is 0 Å². The van der Waals surface area contributed by atoms with Crippen LogP contribution in [0.3, 0.4) is 0 Å². The number of carbonyl (C=O) groups is 1. The van der Waals surface area contributed by atoms with Crippen LogP contribution in [0, 0.1) is 12.8 Å². The van der Waals surface area contributed by atoms with Crippen LogP contribution in [-0.2, 0) is 0 Å². The molecule has 2 aliphatic rings. The van der Waals surface area contributed by atoms with Crippen LogP contribution in [0.2, 0.25) is 0 Å². The summed E-state index contributed by atoms with van der Waals surface area (Å²) in [5.74, 6) is -0.581. The average Bonchev–Trinajstić information content (AvgIpc) is 2.46. The molecule has 1 unspecified atom stereocenters. The van der Waals surface area contributed by atoms with Gasteiger partial charge in [-0.25, -0.2) is 4.79 Å². The quantitative estimate of drug-likeness (QED) is 0.868. The van der Waals surface area contributed by atoms with Gasteiger partial charge in [-0.2, -0.15) is 10.2 Å². The van der Waals surface area contributed by atoms with E-state index in [1.807, 2.05) is 13.0 Å². The minimum Gasteiger partial charge on any atom is -0.478 e. The number of piperidine rings is 1. The number of azo groups is 1. The minimum atomic E-state index is -0.926. The van der Waals surface area contributed by atoms with Crippen LogP contribution < -0.4 is 5.32 Å². The van der Waals surface area contributed by atoms with Crippen molar-refractivity contribution in [2.45, 2.75) is 19.8 Å². The monoisotopic (exact) mass is 271 g/mol. The first-order valence-electron chi connectivity index (χ1n) is 6.87. The number of aromatic carboxylic acids is 1. The van der Waals surface area contributed by atoms with Crippen LogP contribution in [0.25, 0.3) is 5.70 Å². The molecule has 0 spiro atoms. The molecule has 1 aromatic rings. The third kappa shape index (κ3) is 2.09. The number of carboxylic acid groups (broad SMARTS) is 1. The number of fused-ring (bicyclic) bond motifs is 1. The van der Waals surface area contributed by atoms with Crippen LogP contribution in [0.5, 0.6) is 0 Å². The molecule has 2 heterocycles. The molecule has 5 heteroatoms. The van der Waals surface area contributed by atoms with E-state index in [1.54, 1.807) is 12.1 Å². The van der Waals surface area contributed by atoms with E-state index in [9.17, 15) is 9.90 Å². The molecule has 104 valence electrons. The number of carboxylic acids is 1. The Balaban J connectivity index is 2.19. The molecule has 3 rings (SSSR count). The lowest BCUT2D eigenvalue weighted by Crippen LogP contribution is -2.31. The summed E-state index contributed by atoms with van der Waals surface area (Å²) >= 11 is 0. The summed E-state index contributed by atoms with van der Waals surface area (Å²) in [6.07, 6.45) is 2.20. The van der Waals surface area contributed by atoms with Gasteiger partial charge in [-0.15, -0.1) is 0 Å². The second-order valence-corrected chi connectivity index (χ2v) is 5.25. The second kappa shape index (κ2) is 5.07. The summed E-state index contributed by atoms with van der Waals surface area (Å²) in [7, 11) is 0. The van der Waals surface area contributed by atoms with E-state index in [1.165, 1.54) is 0 Å². The maximum absolute atomic E-state index is 11.5. The van der Waals surface area contributed by atoms with Gasteiger partial charge < -0.3 is 10.4 Å². The normalized spacial score (nSPS) is 21.4. The van der Waals surface area contributed by atoms with Gasteiger partial charge in [-0.05, 0) is 31.4 Å². The van der Waals surface area contributed by atoms with Gasteiger partial charge in [0.25, 0.3) is 0 Å². The van der Waals surface area contributed by atoms with Crippen molar-refractivity contribution in [1.82, 2.24) is 5.32 Å². The first kappa shape index (κ1) is 12.8. The standard InChI is InChI=1S/C15H17N3O2/c1-9-4-2-6-11(15(19)20)12(9)14-13-10(8-17-18-14)5-3-7-16-13/h2,4,6,10,16H,3,5,7-8H2,1H3,(H,19,20). The molecule has 0 radical (unpaired) electrons. The molecule has 2 N–H and O–H groups in total. The number of hydrogen-bond acceptors (Lipinski definition) is 4. The predicted molar refractivity (Wildman–Crippen MR) is 75.5 cm³/mol. The lowest BCUT2D eigenvalue weighted by molar-refractivity contribution is 0.0696. The highest BCUT2D eigenvalue weighted by atomic mass is 16.4.